The predicted octanol–water partition coefficient (Wildman–Crippen LogP) is 3.52. The quantitative estimate of drug-likeness (QED) is 0.580. The van der Waals surface area contributed by atoms with Gasteiger partial charge in [-0.2, -0.15) is 0 Å². The number of carbonyl (C=O) groups is 1. The number of rotatable bonds is 8. The number of para-hydroxylation sites is 1. The number of aromatic nitrogens is 2. The van der Waals surface area contributed by atoms with Crippen LogP contribution in [-0.4, -0.2) is 60.1 Å². The van der Waals surface area contributed by atoms with E-state index in [0.29, 0.717) is 36.3 Å². The summed E-state index contributed by atoms with van der Waals surface area (Å²) in [6, 6.07) is 6.93. The van der Waals surface area contributed by atoms with E-state index in [-0.39, 0.29) is 17.9 Å². The van der Waals surface area contributed by atoms with Crippen molar-refractivity contribution >= 4 is 24.6 Å². The van der Waals surface area contributed by atoms with Crippen molar-refractivity contribution in [2.75, 3.05) is 31.7 Å². The van der Waals surface area contributed by atoms with Crippen LogP contribution in [0.2, 0.25) is 0 Å². The summed E-state index contributed by atoms with van der Waals surface area (Å²) in [4.78, 5) is 24.2. The first-order valence-corrected chi connectivity index (χ1v) is 12.5. The Morgan fingerprint density at radius 2 is 2.08 bits per heavy atom. The van der Waals surface area contributed by atoms with E-state index in [1.165, 1.54) is 0 Å². The van der Waals surface area contributed by atoms with Crippen LogP contribution in [0.1, 0.15) is 46.5 Å². The van der Waals surface area contributed by atoms with Gasteiger partial charge in [-0.1, -0.05) is 30.4 Å². The Balaban J connectivity index is 1.93. The van der Waals surface area contributed by atoms with Gasteiger partial charge in [0.05, 0.1) is 10.9 Å². The Morgan fingerprint density at radius 1 is 1.31 bits per heavy atom. The number of phenolic OH excluding ortho intramolecular Hbond substituents is 1. The van der Waals surface area contributed by atoms with Crippen LogP contribution in [-0.2, 0) is 9.47 Å². The highest BCUT2D eigenvalue weighted by molar-refractivity contribution is 5.68. The predicted molar refractivity (Wildman–Crippen MR) is 143 cm³/mol. The van der Waals surface area contributed by atoms with Crippen LogP contribution in [0.5, 0.6) is 5.75 Å². The van der Waals surface area contributed by atoms with Gasteiger partial charge in [-0.3, -0.25) is 0 Å². The summed E-state index contributed by atoms with van der Waals surface area (Å²) in [6.07, 6.45) is 6.78. The SMILES string of the molecule is C=c1nc(-c2ccccc2O)nc(N2CCCCC(NC(=O)OC(C)CCOC)C2)/c1=C/C=C(C)C. The molecule has 8 heteroatoms. The minimum absolute atomic E-state index is 0.0947. The van der Waals surface area contributed by atoms with Gasteiger partial charge in [-0.25, -0.2) is 14.8 Å². The minimum atomic E-state index is -0.419. The lowest BCUT2D eigenvalue weighted by Crippen LogP contribution is -2.46. The van der Waals surface area contributed by atoms with Crippen molar-refractivity contribution in [2.45, 2.75) is 58.6 Å². The lowest BCUT2D eigenvalue weighted by Gasteiger charge is -2.27. The maximum Gasteiger partial charge on any atom is 0.407 e. The third-order valence-corrected chi connectivity index (χ3v) is 6.06. The van der Waals surface area contributed by atoms with Crippen LogP contribution in [0, 0.1) is 0 Å². The van der Waals surface area contributed by atoms with Crippen LogP contribution in [0.15, 0.2) is 35.9 Å². The molecule has 2 atom stereocenters. The van der Waals surface area contributed by atoms with Gasteiger partial charge in [0.25, 0.3) is 0 Å². The number of nitrogens with zero attached hydrogens (tertiary/aromatic N) is 3. The highest BCUT2D eigenvalue weighted by Gasteiger charge is 2.24. The van der Waals surface area contributed by atoms with Crippen molar-refractivity contribution in [3.05, 3.63) is 46.5 Å². The normalized spacial score (nSPS) is 17.3. The summed E-state index contributed by atoms with van der Waals surface area (Å²) in [6.45, 7) is 12.0. The third kappa shape index (κ3) is 7.55. The molecule has 2 N–H and O–H groups in total. The van der Waals surface area contributed by atoms with Gasteiger partial charge in [0, 0.05) is 44.5 Å². The molecule has 1 aromatic carbocycles. The molecule has 0 spiro atoms. The number of phenols is 1. The van der Waals surface area contributed by atoms with Gasteiger partial charge >= 0.3 is 6.09 Å². The first-order chi connectivity index (χ1) is 17.3. The molecule has 1 saturated heterocycles. The molecule has 1 amide bonds. The van der Waals surface area contributed by atoms with Crippen LogP contribution in [0.3, 0.4) is 0 Å². The molecule has 0 saturated carbocycles. The van der Waals surface area contributed by atoms with Crippen molar-refractivity contribution < 1.29 is 19.4 Å². The van der Waals surface area contributed by atoms with Gasteiger partial charge in [-0.15, -0.1) is 0 Å². The van der Waals surface area contributed by atoms with Crippen molar-refractivity contribution in [3.8, 4) is 17.1 Å². The summed E-state index contributed by atoms with van der Waals surface area (Å²) in [5.41, 5.74) is 1.70. The summed E-state index contributed by atoms with van der Waals surface area (Å²) in [5.74, 6) is 1.27. The maximum atomic E-state index is 12.5. The third-order valence-electron chi connectivity index (χ3n) is 6.06. The highest BCUT2D eigenvalue weighted by atomic mass is 16.6. The molecular weight excluding hydrogens is 456 g/mol. The molecule has 3 rings (SSSR count). The average Bonchev–Trinajstić information content (AvgIpc) is 3.07. The summed E-state index contributed by atoms with van der Waals surface area (Å²) in [5, 5.41) is 14.9. The first kappa shape index (κ1) is 27.2. The second-order valence-corrected chi connectivity index (χ2v) is 9.44. The Labute approximate surface area is 213 Å². The number of hydrogen-bond acceptors (Lipinski definition) is 7. The second kappa shape index (κ2) is 13.1. The number of ether oxygens (including phenoxy) is 2. The van der Waals surface area contributed by atoms with Gasteiger partial charge < -0.3 is 24.8 Å². The van der Waals surface area contributed by atoms with E-state index in [0.717, 1.165) is 42.4 Å². The highest BCUT2D eigenvalue weighted by Crippen LogP contribution is 2.26. The molecule has 1 aromatic heterocycles. The van der Waals surface area contributed by atoms with Crippen molar-refractivity contribution in [1.82, 2.24) is 15.3 Å². The van der Waals surface area contributed by atoms with E-state index in [9.17, 15) is 9.90 Å². The lowest BCUT2D eigenvalue weighted by atomic mass is 10.1. The Hall–Kier alpha value is -3.39. The molecule has 0 bridgehead atoms. The Morgan fingerprint density at radius 3 is 2.81 bits per heavy atom. The summed E-state index contributed by atoms with van der Waals surface area (Å²) < 4.78 is 10.6. The zero-order chi connectivity index (χ0) is 26.1. The molecule has 1 fully saturated rings. The molecule has 1 aliphatic heterocycles. The zero-order valence-electron chi connectivity index (χ0n) is 21.8. The molecule has 8 nitrogen and oxygen atoms in total. The zero-order valence-corrected chi connectivity index (χ0v) is 21.8. The largest absolute Gasteiger partial charge is 0.507 e. The second-order valence-electron chi connectivity index (χ2n) is 9.44. The Bertz CT molecular complexity index is 1180. The number of allylic oxidation sites excluding steroid dienone is 2. The summed E-state index contributed by atoms with van der Waals surface area (Å²) in [7, 11) is 1.63. The number of benzene rings is 1. The maximum absolute atomic E-state index is 12.5. The van der Waals surface area contributed by atoms with E-state index >= 15 is 0 Å². The molecule has 0 aliphatic carbocycles. The number of aromatic hydroxyl groups is 1. The summed E-state index contributed by atoms with van der Waals surface area (Å²) >= 11 is 0. The monoisotopic (exact) mass is 494 g/mol. The molecule has 2 aromatic rings. The standard InChI is InChI=1S/C28H38N4O4/c1-19(2)13-14-23-21(4)29-26(24-11-6-7-12-25(24)33)31-27(23)32-16-9-8-10-22(18-32)30-28(34)36-20(3)15-17-35-5/h6-7,11-14,20,22,33H,4,8-10,15-18H2,1-3,5H3,(H,30,34)/b23-14+. The van der Waals surface area contributed by atoms with Gasteiger partial charge in [-0.05, 0) is 58.2 Å². The van der Waals surface area contributed by atoms with E-state index in [4.69, 9.17) is 14.5 Å². The fourth-order valence-electron chi connectivity index (χ4n) is 4.13. The minimum Gasteiger partial charge on any atom is -0.507 e. The van der Waals surface area contributed by atoms with E-state index in [1.54, 1.807) is 25.3 Å². The number of alkyl carbamates (subject to hydrolysis) is 1. The molecule has 2 unspecified atom stereocenters. The van der Waals surface area contributed by atoms with Crippen molar-refractivity contribution in [2.24, 2.45) is 0 Å². The number of amides is 1. The molecule has 194 valence electrons. The molecular formula is C28H38N4O4. The Kier molecular flexibility index (Phi) is 9.87. The van der Waals surface area contributed by atoms with Gasteiger partial charge in [0.2, 0.25) is 0 Å². The van der Waals surface area contributed by atoms with Crippen LogP contribution in [0.4, 0.5) is 10.6 Å². The van der Waals surface area contributed by atoms with E-state index in [2.05, 4.69) is 21.8 Å². The molecule has 2 heterocycles. The fraction of sp³-hybridized carbons (Fsp3) is 0.464. The molecule has 1 aliphatic rings. The average molecular weight is 495 g/mol. The van der Waals surface area contributed by atoms with Crippen molar-refractivity contribution in [3.63, 3.8) is 0 Å². The van der Waals surface area contributed by atoms with E-state index < -0.39 is 6.09 Å². The first-order valence-electron chi connectivity index (χ1n) is 12.5. The molecule has 36 heavy (non-hydrogen) atoms. The number of methoxy groups -OCH3 is 1. The lowest BCUT2D eigenvalue weighted by molar-refractivity contribution is 0.0786. The van der Waals surface area contributed by atoms with Crippen LogP contribution < -0.4 is 20.8 Å². The topological polar surface area (TPSA) is 96.8 Å². The fourth-order valence-corrected chi connectivity index (χ4v) is 4.13. The number of nitrogens with one attached hydrogen (secondary N) is 1. The van der Waals surface area contributed by atoms with E-state index in [1.807, 2.05) is 39.0 Å². The smallest absolute Gasteiger partial charge is 0.407 e. The van der Waals surface area contributed by atoms with Gasteiger partial charge in [0.1, 0.15) is 17.7 Å². The van der Waals surface area contributed by atoms with Crippen LogP contribution in [0.25, 0.3) is 24.0 Å². The van der Waals surface area contributed by atoms with Crippen molar-refractivity contribution in [1.29, 1.82) is 0 Å². The van der Waals surface area contributed by atoms with Gasteiger partial charge in [0.15, 0.2) is 5.82 Å². The number of hydrogen-bond donors (Lipinski definition) is 2. The van der Waals surface area contributed by atoms with Crippen LogP contribution >= 0.6 is 0 Å². The number of carbonyl (C=O) groups excluding carboxylic acids is 1. The molecule has 0 radical (unpaired) electrons. The number of anilines is 1.